The Kier molecular flexibility index (Phi) is 9.24. The number of hydrogen-bond donors (Lipinski definition) is 0. The molecular weight excluding hydrogens is 423 g/mol. The summed E-state index contributed by atoms with van der Waals surface area (Å²) in [5.74, 6) is -0.784. The van der Waals surface area contributed by atoms with Gasteiger partial charge in [0.25, 0.3) is 0 Å². The van der Waals surface area contributed by atoms with E-state index < -0.39 is 23.7 Å². The highest BCUT2D eigenvalue weighted by Gasteiger charge is 2.34. The standard InChI is InChI=1S/C26H37F5O/c1-2-3-18-4-6-19(7-5-18)8-9-20-10-12-21(13-11-20)14-15-22-16-23(27)25(24(28)17-22)32-26(29,30)31/h16-21H,2-15H2,1H3. The van der Waals surface area contributed by atoms with Gasteiger partial charge in [-0.15, -0.1) is 13.2 Å². The predicted octanol–water partition coefficient (Wildman–Crippen LogP) is 8.99. The van der Waals surface area contributed by atoms with Gasteiger partial charge in [0.2, 0.25) is 5.75 Å². The lowest BCUT2D eigenvalue weighted by molar-refractivity contribution is -0.276. The number of rotatable bonds is 9. The molecule has 0 aliphatic heterocycles. The first-order chi connectivity index (χ1) is 15.2. The van der Waals surface area contributed by atoms with Gasteiger partial charge in [0.05, 0.1) is 0 Å². The van der Waals surface area contributed by atoms with E-state index in [4.69, 9.17) is 0 Å². The molecule has 2 aliphatic rings. The van der Waals surface area contributed by atoms with Crippen LogP contribution >= 0.6 is 0 Å². The maximum atomic E-state index is 13.9. The highest BCUT2D eigenvalue weighted by Crippen LogP contribution is 2.38. The molecule has 0 atom stereocenters. The fourth-order valence-electron chi connectivity index (χ4n) is 5.84. The zero-order valence-electron chi connectivity index (χ0n) is 19.2. The van der Waals surface area contributed by atoms with Crippen LogP contribution in [0, 0.1) is 35.3 Å². The van der Waals surface area contributed by atoms with Crippen molar-refractivity contribution < 1.29 is 26.7 Å². The summed E-state index contributed by atoms with van der Waals surface area (Å²) in [4.78, 5) is 0. The first-order valence-electron chi connectivity index (χ1n) is 12.5. The summed E-state index contributed by atoms with van der Waals surface area (Å²) in [6.07, 6.45) is 11.9. The molecular formula is C26H37F5O. The van der Waals surface area contributed by atoms with Gasteiger partial charge in [-0.05, 0) is 54.2 Å². The zero-order valence-corrected chi connectivity index (χ0v) is 19.2. The fraction of sp³-hybridized carbons (Fsp3) is 0.769. The van der Waals surface area contributed by atoms with Crippen molar-refractivity contribution in [2.45, 2.75) is 103 Å². The van der Waals surface area contributed by atoms with Crippen LogP contribution < -0.4 is 4.74 Å². The average Bonchev–Trinajstić information content (AvgIpc) is 2.75. The van der Waals surface area contributed by atoms with Crippen LogP contribution in [0.15, 0.2) is 12.1 Å². The second-order valence-corrected chi connectivity index (χ2v) is 10.1. The minimum Gasteiger partial charge on any atom is -0.399 e. The molecule has 0 bridgehead atoms. The normalized spacial score (nSPS) is 26.8. The van der Waals surface area contributed by atoms with Gasteiger partial charge in [0.15, 0.2) is 11.6 Å². The Morgan fingerprint density at radius 2 is 1.12 bits per heavy atom. The lowest BCUT2D eigenvalue weighted by atomic mass is 9.74. The predicted molar refractivity (Wildman–Crippen MR) is 116 cm³/mol. The second kappa shape index (κ2) is 11.7. The summed E-state index contributed by atoms with van der Waals surface area (Å²) in [5.41, 5.74) is 0.385. The van der Waals surface area contributed by atoms with Gasteiger partial charge >= 0.3 is 6.36 Å². The van der Waals surface area contributed by atoms with Crippen LogP contribution in [-0.4, -0.2) is 6.36 Å². The third kappa shape index (κ3) is 7.91. The van der Waals surface area contributed by atoms with Crippen molar-refractivity contribution >= 4 is 0 Å². The van der Waals surface area contributed by atoms with E-state index in [0.29, 0.717) is 17.9 Å². The largest absolute Gasteiger partial charge is 0.573 e. The van der Waals surface area contributed by atoms with Gasteiger partial charge in [-0.1, -0.05) is 84.0 Å². The molecule has 0 saturated heterocycles. The molecule has 0 aromatic heterocycles. The summed E-state index contributed by atoms with van der Waals surface area (Å²) < 4.78 is 68.1. The molecule has 0 spiro atoms. The van der Waals surface area contributed by atoms with Crippen LogP contribution in [-0.2, 0) is 6.42 Å². The maximum absolute atomic E-state index is 13.9. The highest BCUT2D eigenvalue weighted by atomic mass is 19.4. The molecule has 6 heteroatoms. The van der Waals surface area contributed by atoms with Gasteiger partial charge in [-0.25, -0.2) is 8.78 Å². The molecule has 0 radical (unpaired) electrons. The molecule has 0 N–H and O–H groups in total. The van der Waals surface area contributed by atoms with E-state index in [1.54, 1.807) is 0 Å². The van der Waals surface area contributed by atoms with Crippen molar-refractivity contribution in [3.05, 3.63) is 29.3 Å². The van der Waals surface area contributed by atoms with Gasteiger partial charge in [-0.3, -0.25) is 0 Å². The minimum absolute atomic E-state index is 0.385. The van der Waals surface area contributed by atoms with Crippen LogP contribution in [0.5, 0.6) is 5.75 Å². The highest BCUT2D eigenvalue weighted by molar-refractivity contribution is 5.31. The van der Waals surface area contributed by atoms with Crippen molar-refractivity contribution in [2.75, 3.05) is 0 Å². The topological polar surface area (TPSA) is 9.23 Å². The quantitative estimate of drug-likeness (QED) is 0.334. The summed E-state index contributed by atoms with van der Waals surface area (Å²) in [6, 6.07) is 1.93. The molecule has 2 saturated carbocycles. The van der Waals surface area contributed by atoms with Gasteiger partial charge < -0.3 is 4.74 Å². The third-order valence-electron chi connectivity index (χ3n) is 7.73. The van der Waals surface area contributed by atoms with Crippen LogP contribution in [0.25, 0.3) is 0 Å². The maximum Gasteiger partial charge on any atom is 0.573 e. The van der Waals surface area contributed by atoms with Crippen LogP contribution in [0.3, 0.4) is 0 Å². The second-order valence-electron chi connectivity index (χ2n) is 10.1. The number of ether oxygens (including phenoxy) is 1. The lowest BCUT2D eigenvalue weighted by Crippen LogP contribution is -2.19. The molecule has 0 amide bonds. The molecule has 2 aliphatic carbocycles. The number of hydrogen-bond acceptors (Lipinski definition) is 1. The molecule has 182 valence electrons. The number of benzene rings is 1. The molecule has 1 aromatic carbocycles. The van der Waals surface area contributed by atoms with Crippen molar-refractivity contribution in [1.82, 2.24) is 0 Å². The van der Waals surface area contributed by atoms with Crippen molar-refractivity contribution in [1.29, 1.82) is 0 Å². The number of alkyl halides is 3. The van der Waals surface area contributed by atoms with Gasteiger partial charge in [0, 0.05) is 0 Å². The summed E-state index contributed by atoms with van der Waals surface area (Å²) in [5, 5.41) is 0. The smallest absolute Gasteiger partial charge is 0.399 e. The summed E-state index contributed by atoms with van der Waals surface area (Å²) in [6.45, 7) is 2.28. The van der Waals surface area contributed by atoms with Gasteiger partial charge in [0.1, 0.15) is 0 Å². The molecule has 0 heterocycles. The first-order valence-corrected chi connectivity index (χ1v) is 12.5. The Morgan fingerprint density at radius 1 is 0.719 bits per heavy atom. The number of aryl methyl sites for hydroxylation is 1. The Hall–Kier alpha value is -1.33. The molecule has 1 aromatic rings. The van der Waals surface area contributed by atoms with E-state index in [-0.39, 0.29) is 0 Å². The summed E-state index contributed by atoms with van der Waals surface area (Å²) >= 11 is 0. The Bertz CT molecular complexity index is 678. The fourth-order valence-corrected chi connectivity index (χ4v) is 5.84. The Balaban J connectivity index is 1.36. The Morgan fingerprint density at radius 3 is 1.53 bits per heavy atom. The van der Waals surface area contributed by atoms with Crippen molar-refractivity contribution in [3.8, 4) is 5.75 Å². The van der Waals surface area contributed by atoms with Crippen molar-refractivity contribution in [2.24, 2.45) is 23.7 Å². The van der Waals surface area contributed by atoms with Crippen molar-refractivity contribution in [3.63, 3.8) is 0 Å². The molecule has 3 rings (SSSR count). The van der Waals surface area contributed by atoms with E-state index in [9.17, 15) is 22.0 Å². The molecule has 1 nitrogen and oxygen atoms in total. The van der Waals surface area contributed by atoms with E-state index in [2.05, 4.69) is 11.7 Å². The van der Waals surface area contributed by atoms with E-state index in [1.165, 1.54) is 64.2 Å². The summed E-state index contributed by atoms with van der Waals surface area (Å²) in [7, 11) is 0. The SMILES string of the molecule is CCCC1CCC(CCC2CCC(CCc3cc(F)c(OC(F)(F)F)c(F)c3)CC2)CC1. The number of halogens is 5. The molecule has 32 heavy (non-hydrogen) atoms. The van der Waals surface area contributed by atoms with E-state index >= 15 is 0 Å². The molecule has 0 unspecified atom stereocenters. The van der Waals surface area contributed by atoms with E-state index in [0.717, 1.165) is 49.1 Å². The zero-order chi connectivity index (χ0) is 23.1. The van der Waals surface area contributed by atoms with Crippen LogP contribution in [0.4, 0.5) is 22.0 Å². The monoisotopic (exact) mass is 460 g/mol. The van der Waals surface area contributed by atoms with Crippen LogP contribution in [0.2, 0.25) is 0 Å². The average molecular weight is 461 g/mol. The first kappa shape index (κ1) is 25.3. The molecule has 2 fully saturated rings. The van der Waals surface area contributed by atoms with E-state index in [1.807, 2.05) is 0 Å². The van der Waals surface area contributed by atoms with Crippen LogP contribution in [0.1, 0.15) is 96.0 Å². The third-order valence-corrected chi connectivity index (χ3v) is 7.73. The van der Waals surface area contributed by atoms with Gasteiger partial charge in [-0.2, -0.15) is 0 Å². The minimum atomic E-state index is -5.11. The lowest BCUT2D eigenvalue weighted by Gasteiger charge is -2.32. The Labute approximate surface area is 189 Å².